The number of hydrogen-bond acceptors (Lipinski definition) is 24. The van der Waals surface area contributed by atoms with Crippen LogP contribution < -0.4 is 54.8 Å². The zero-order valence-corrected chi connectivity index (χ0v) is 69.4. The number of carboxylic acids is 2. The highest BCUT2D eigenvalue weighted by Crippen LogP contribution is 2.30. The molecule has 2 aromatic carbocycles. The fraction of sp³-hybridized carbons (Fsp3) is 0.580. The number of aromatic hydroxyl groups is 1. The summed E-state index contributed by atoms with van der Waals surface area (Å²) in [6, 6.07) is 2.50. The molecule has 0 aliphatic carbocycles. The van der Waals surface area contributed by atoms with Gasteiger partial charge in [0.25, 0.3) is 0 Å². The predicted octanol–water partition coefficient (Wildman–Crippen LogP) is 1.65. The summed E-state index contributed by atoms with van der Waals surface area (Å²) < 4.78 is 1.15. The molecule has 0 saturated carbocycles. The predicted molar refractivity (Wildman–Crippen MR) is 443 cm³/mol. The van der Waals surface area contributed by atoms with E-state index >= 15 is 14.4 Å². The summed E-state index contributed by atoms with van der Waals surface area (Å²) in [4.78, 5) is 248. The van der Waals surface area contributed by atoms with Crippen LogP contribution in [0.2, 0.25) is 0 Å². The number of aliphatic imine (C=N–C) groups is 1. The molecule has 9 amide bonds. The van der Waals surface area contributed by atoms with Crippen LogP contribution >= 0.6 is 25.3 Å². The molecule has 2 aromatic heterocycles. The van der Waals surface area contributed by atoms with Crippen LogP contribution in [0.5, 0.6) is 5.75 Å². The molecule has 39 heteroatoms. The summed E-state index contributed by atoms with van der Waals surface area (Å²) in [5.74, 6) is -24.3. The maximum Gasteiger partial charge on any atom is 0.312 e. The fourth-order valence-electron chi connectivity index (χ4n) is 14.8. The number of aliphatic hydroxyl groups excluding tert-OH is 1. The third-order valence-corrected chi connectivity index (χ3v) is 22.2. The molecule has 37 nitrogen and oxygen atoms in total. The minimum Gasteiger partial charge on any atom is -0.508 e. The molecule has 1 saturated heterocycles. The first-order valence-corrected chi connectivity index (χ1v) is 41.8. The number of nitrogens with two attached hydrogens (primary N) is 4. The van der Waals surface area contributed by atoms with Gasteiger partial charge in [0.15, 0.2) is 40.7 Å². The summed E-state index contributed by atoms with van der Waals surface area (Å²) in [7, 11) is 0. The van der Waals surface area contributed by atoms with Crippen molar-refractivity contribution in [1.82, 2.24) is 56.8 Å². The molecule has 0 spiro atoms. The first kappa shape index (κ1) is 97.9. The maximum atomic E-state index is 15.4. The molecule has 0 radical (unpaired) electrons. The Morgan fingerprint density at radius 3 is 1.98 bits per heavy atom. The molecular weight excluding hydrogens is 1600 g/mol. The average Bonchev–Trinajstić information content (AvgIpc) is 1.65. The third kappa shape index (κ3) is 32.3. The lowest BCUT2D eigenvalue weighted by molar-refractivity contribution is -0.148. The second kappa shape index (κ2) is 49.6. The van der Waals surface area contributed by atoms with Crippen LogP contribution in [0.4, 0.5) is 4.79 Å². The van der Waals surface area contributed by atoms with E-state index < -0.39 is 236 Å². The summed E-state index contributed by atoms with van der Waals surface area (Å²) in [6.07, 6.45) is -3.78. The van der Waals surface area contributed by atoms with Crippen LogP contribution in [0.3, 0.4) is 0 Å². The van der Waals surface area contributed by atoms with Gasteiger partial charge in [0, 0.05) is 143 Å². The van der Waals surface area contributed by atoms with Crippen LogP contribution in [0.1, 0.15) is 178 Å². The minimum absolute atomic E-state index is 0.00906. The Balaban J connectivity index is 1.47. The van der Waals surface area contributed by atoms with Crippen molar-refractivity contribution in [3.8, 4) is 5.75 Å². The normalized spacial score (nSPS) is 22.2. The SMILES string of the molecule is CCCCCC(=O)CCC(=O)N[C@@H](CS)C(=O)C[C@H]1Cn2cc(nn2)CCC[C@@H](C(=O)C[C@@H](Cc2ccc(O)cc2)C(=O)O)NC(=O)[C@H](CCC(N)=O)CC(=O)[C@H](Cc2c[nH]c3ccccc23)NC(=O)[C@H](CCCNC(N)=O)CC(=O)[C@H](CS)NC(=O)[C@H](CCCN=C(N)N)CC(=O)[C@@H]2CCCN2C(=O)[C@H](CC(=O)O)CC(=O)[C@H]([C@@H](C)O)NC1=O. The van der Waals surface area contributed by atoms with Crippen LogP contribution in [-0.4, -0.2) is 225 Å². The molecule has 0 unspecified atom stereocenters. The number of thiol groups is 2. The number of carbonyl (C=O) groups excluding carboxylic acids is 15. The summed E-state index contributed by atoms with van der Waals surface area (Å²) in [5.41, 5.74) is 24.0. The lowest BCUT2D eigenvalue weighted by Crippen LogP contribution is -2.52. The number of aromatic amines is 1. The molecule has 2 aliphatic rings. The van der Waals surface area contributed by atoms with Gasteiger partial charge in [-0.25, -0.2) is 4.79 Å². The van der Waals surface area contributed by atoms with E-state index in [0.717, 1.165) is 29.3 Å². The van der Waals surface area contributed by atoms with Crippen molar-refractivity contribution in [2.75, 3.05) is 31.1 Å². The van der Waals surface area contributed by atoms with Gasteiger partial charge in [-0.15, -0.1) is 5.10 Å². The van der Waals surface area contributed by atoms with Crippen molar-refractivity contribution >= 4 is 142 Å². The van der Waals surface area contributed by atoms with Crippen LogP contribution in [-0.2, 0) is 103 Å². The number of carbonyl (C=O) groups is 17. The number of carboxylic acid groups (broad SMARTS) is 2. The average molecular weight is 1710 g/mol. The highest BCUT2D eigenvalue weighted by atomic mass is 32.1. The topological polar surface area (TPSA) is 609 Å². The quantitative estimate of drug-likeness (QED) is 0.0135. The number of para-hydroxylation sites is 1. The number of ketones is 7. The molecule has 2 aliphatic heterocycles. The lowest BCUT2D eigenvalue weighted by atomic mass is 9.88. The van der Waals surface area contributed by atoms with Crippen molar-refractivity contribution in [3.05, 3.63) is 77.7 Å². The van der Waals surface area contributed by atoms with E-state index in [1.165, 1.54) is 30.5 Å². The summed E-state index contributed by atoms with van der Waals surface area (Å²) in [6.45, 7) is 2.29. The van der Waals surface area contributed by atoms with Crippen LogP contribution in [0.15, 0.2) is 65.9 Å². The van der Waals surface area contributed by atoms with E-state index in [1.54, 1.807) is 30.5 Å². The van der Waals surface area contributed by atoms with Crippen molar-refractivity contribution in [2.24, 2.45) is 63.4 Å². The monoisotopic (exact) mass is 1710 g/mol. The number of hydrogen-bond donors (Lipinski definition) is 17. The number of fused-ring (bicyclic) bond motifs is 4. The minimum atomic E-state index is -1.91. The molecule has 4 aromatic rings. The van der Waals surface area contributed by atoms with Gasteiger partial charge in [-0.2, -0.15) is 25.3 Å². The molecule has 4 heterocycles. The Morgan fingerprint density at radius 2 is 1.33 bits per heavy atom. The summed E-state index contributed by atoms with van der Waals surface area (Å²) in [5, 5.41) is 66.8. The van der Waals surface area contributed by atoms with Gasteiger partial charge < -0.3 is 85.1 Å². The number of benzene rings is 2. The van der Waals surface area contributed by atoms with E-state index in [0.29, 0.717) is 28.5 Å². The van der Waals surface area contributed by atoms with Crippen molar-refractivity contribution in [3.63, 3.8) is 0 Å². The molecule has 6 rings (SSSR count). The number of rotatable bonds is 35. The molecular formula is C81H114N16O21S2. The zero-order valence-electron chi connectivity index (χ0n) is 67.6. The highest BCUT2D eigenvalue weighted by molar-refractivity contribution is 7.80. The van der Waals surface area contributed by atoms with Crippen LogP contribution in [0.25, 0.3) is 10.9 Å². The number of primary amides is 2. The van der Waals surface area contributed by atoms with Crippen molar-refractivity contribution < 1.29 is 102 Å². The van der Waals surface area contributed by atoms with Crippen molar-refractivity contribution in [2.45, 2.75) is 230 Å². The standard InChI is InChI=1S/C81H114N16O21S2/c1-3-4-5-15-55(99)25-27-71(108)89-61(43-119)67(104)38-53-41-96-42-54(94-95-96)14-8-18-59(64(101)37-51(79(116)117)31-46-20-23-56(100)24-21-46)90-76(113)49(22-26-70(82)107)34-65(102)60(32-52-40-88-58-17-7-6-16-57(52)58)91-74(111)47(13-10-29-87-81(85)118)33-66(103)62(44-120)92-75(112)48(12-9-28-86-80(83)84)35-68(105)63-19-11-30-97(63)78(115)50(39-72(109)110)36-69(106)73(45(2)98)93-77(53)114/h6-7,16-17,20-21,23-24,40,42,45,47-51,53,59-63,73,88,98,100,119-120H,3-5,8-15,18-19,22,25-39,41,43-44H2,1-2H3,(H2,82,107)(H,89,108)(H,90,113)(H,91,111)(H,92,112)(H,93,114)(H,109,110)(H,116,117)(H4,83,84,86)(H3,85,87,118)/t45-,47-,48-,49-,50+,51-,53+,59+,60+,61+,62+,63+,73+/m1/s1. The van der Waals surface area contributed by atoms with Gasteiger partial charge in [0.1, 0.15) is 17.6 Å². The number of Topliss-reactive ketones (excluding diaryl/α,β-unsaturated/α-hetero) is 7. The van der Waals surface area contributed by atoms with Gasteiger partial charge in [-0.3, -0.25) is 86.4 Å². The molecule has 13 atom stereocenters. The highest BCUT2D eigenvalue weighted by Gasteiger charge is 2.43. The summed E-state index contributed by atoms with van der Waals surface area (Å²) >= 11 is 8.74. The third-order valence-electron chi connectivity index (χ3n) is 21.4. The number of phenolic OH excluding ortho intramolecular Hbond substituents is 1. The lowest BCUT2D eigenvalue weighted by Gasteiger charge is -2.30. The Labute approximate surface area is 704 Å². The number of aliphatic carboxylic acids is 2. The number of aromatic nitrogens is 4. The number of guanidine groups is 1. The fourth-order valence-corrected chi connectivity index (χ4v) is 15.4. The number of aryl methyl sites for hydroxylation is 1. The molecule has 1 fully saturated rings. The van der Waals surface area contributed by atoms with Gasteiger partial charge >= 0.3 is 18.0 Å². The number of aliphatic hydroxyl groups is 1. The van der Waals surface area contributed by atoms with Gasteiger partial charge in [0.2, 0.25) is 41.4 Å². The van der Waals surface area contributed by atoms with E-state index in [9.17, 15) is 87.5 Å². The van der Waals surface area contributed by atoms with Gasteiger partial charge in [-0.05, 0) is 113 Å². The van der Waals surface area contributed by atoms with E-state index in [4.69, 9.17) is 22.9 Å². The number of nitrogens with one attached hydrogen (secondary N) is 7. The Bertz CT molecular complexity index is 4300. The van der Waals surface area contributed by atoms with Crippen molar-refractivity contribution in [1.29, 1.82) is 0 Å². The number of amides is 9. The Hall–Kier alpha value is -11.0. The van der Waals surface area contributed by atoms with Gasteiger partial charge in [-0.1, -0.05) is 55.3 Å². The second-order valence-electron chi connectivity index (χ2n) is 30.9. The number of unbranched alkanes of at least 4 members (excludes halogenated alkanes) is 2. The Kier molecular flexibility index (Phi) is 40.4. The second-order valence-corrected chi connectivity index (χ2v) is 31.6. The number of phenols is 1. The zero-order chi connectivity index (χ0) is 88.3. The van der Waals surface area contributed by atoms with Gasteiger partial charge in [0.05, 0.1) is 72.7 Å². The molecule has 120 heavy (non-hydrogen) atoms. The first-order valence-electron chi connectivity index (χ1n) is 40.5. The van der Waals surface area contributed by atoms with E-state index in [-0.39, 0.29) is 144 Å². The number of H-pyrrole nitrogens is 1. The number of nitrogens with zero attached hydrogens (tertiary/aromatic N) is 5. The van der Waals surface area contributed by atoms with E-state index in [2.05, 4.69) is 77.4 Å². The maximum absolute atomic E-state index is 15.4. The number of urea groups is 1. The van der Waals surface area contributed by atoms with E-state index in [1.807, 2.05) is 6.92 Å². The molecule has 656 valence electrons. The Morgan fingerprint density at radius 1 is 0.692 bits per heavy atom. The smallest absolute Gasteiger partial charge is 0.312 e. The molecule has 19 N–H and O–H groups in total. The largest absolute Gasteiger partial charge is 0.508 e. The molecule has 2 bridgehead atoms. The van der Waals surface area contributed by atoms with Crippen LogP contribution in [0, 0.1) is 35.5 Å². The first-order chi connectivity index (χ1) is 57.1.